The van der Waals surface area contributed by atoms with Crippen LogP contribution in [0, 0.1) is 5.41 Å². The molecule has 0 spiro atoms. The molecule has 1 aliphatic heterocycles. The van der Waals surface area contributed by atoms with Crippen molar-refractivity contribution in [2.75, 3.05) is 6.54 Å². The molecule has 1 saturated carbocycles. The number of amides is 1. The summed E-state index contributed by atoms with van der Waals surface area (Å²) in [6.07, 6.45) is 7.42. The van der Waals surface area contributed by atoms with Crippen molar-refractivity contribution in [3.63, 3.8) is 0 Å². The van der Waals surface area contributed by atoms with Crippen molar-refractivity contribution in [1.29, 1.82) is 0 Å². The van der Waals surface area contributed by atoms with E-state index in [-0.39, 0.29) is 12.2 Å². The van der Waals surface area contributed by atoms with E-state index >= 15 is 0 Å². The van der Waals surface area contributed by atoms with Gasteiger partial charge in [0.15, 0.2) is 0 Å². The molecule has 98 valence electrons. The van der Waals surface area contributed by atoms with Gasteiger partial charge in [0.1, 0.15) is 0 Å². The van der Waals surface area contributed by atoms with Crippen LogP contribution in [0.4, 0.5) is 0 Å². The summed E-state index contributed by atoms with van der Waals surface area (Å²) in [4.78, 5) is 14.4. The van der Waals surface area contributed by atoms with E-state index in [1.54, 1.807) is 0 Å². The Bertz CT molecular complexity index is 284. The third-order valence-electron chi connectivity index (χ3n) is 4.51. The number of hydrogen-bond acceptors (Lipinski definition) is 2. The van der Waals surface area contributed by atoms with Crippen LogP contribution in [0.15, 0.2) is 0 Å². The van der Waals surface area contributed by atoms with E-state index in [9.17, 15) is 4.79 Å². The van der Waals surface area contributed by atoms with Crippen molar-refractivity contribution in [2.45, 2.75) is 71.5 Å². The molecule has 0 aromatic heterocycles. The predicted octanol–water partition coefficient (Wildman–Crippen LogP) is 2.51. The molecular formula is C14H26N2O. The maximum atomic E-state index is 12.3. The molecular weight excluding hydrogens is 212 g/mol. The van der Waals surface area contributed by atoms with Gasteiger partial charge in [-0.05, 0) is 31.1 Å². The van der Waals surface area contributed by atoms with Crippen LogP contribution in [-0.2, 0) is 4.79 Å². The smallest absolute Gasteiger partial charge is 0.241 e. The van der Waals surface area contributed by atoms with Gasteiger partial charge in [-0.2, -0.15) is 0 Å². The minimum atomic E-state index is 0.0601. The van der Waals surface area contributed by atoms with Crippen LogP contribution in [0.3, 0.4) is 0 Å². The fourth-order valence-corrected chi connectivity index (χ4v) is 3.36. The Morgan fingerprint density at radius 2 is 1.94 bits per heavy atom. The standard InChI is InChI=1S/C14H26N2O/c1-4-11-13(17)16(12(5-2)15-11)10-14(3)8-6-7-9-14/h11-12,15H,4-10H2,1-3H3. The third-order valence-corrected chi connectivity index (χ3v) is 4.51. The van der Waals surface area contributed by atoms with Crippen LogP contribution in [0.5, 0.6) is 0 Å². The summed E-state index contributed by atoms with van der Waals surface area (Å²) in [5.41, 5.74) is 0.368. The number of hydrogen-bond donors (Lipinski definition) is 1. The second-order valence-electron chi connectivity index (χ2n) is 6.04. The minimum Gasteiger partial charge on any atom is -0.325 e. The van der Waals surface area contributed by atoms with Crippen molar-refractivity contribution in [3.8, 4) is 0 Å². The van der Waals surface area contributed by atoms with Crippen molar-refractivity contribution >= 4 is 5.91 Å². The molecule has 2 unspecified atom stereocenters. The van der Waals surface area contributed by atoms with Crippen molar-refractivity contribution < 1.29 is 4.79 Å². The molecule has 1 amide bonds. The lowest BCUT2D eigenvalue weighted by Crippen LogP contribution is -2.42. The summed E-state index contributed by atoms with van der Waals surface area (Å²) in [5.74, 6) is 0.326. The molecule has 1 aliphatic carbocycles. The SMILES string of the molecule is CCC1NC(CC)N(CC2(C)CCCC2)C1=O. The van der Waals surface area contributed by atoms with E-state index in [0.717, 1.165) is 19.4 Å². The molecule has 0 radical (unpaired) electrons. The molecule has 2 aliphatic rings. The van der Waals surface area contributed by atoms with Crippen LogP contribution in [-0.4, -0.2) is 29.6 Å². The molecule has 17 heavy (non-hydrogen) atoms. The number of rotatable bonds is 4. The Balaban J connectivity index is 2.05. The topological polar surface area (TPSA) is 32.3 Å². The fraction of sp³-hybridized carbons (Fsp3) is 0.929. The monoisotopic (exact) mass is 238 g/mol. The second-order valence-corrected chi connectivity index (χ2v) is 6.04. The zero-order valence-electron chi connectivity index (χ0n) is 11.5. The number of carbonyl (C=O) groups is 1. The fourth-order valence-electron chi connectivity index (χ4n) is 3.36. The summed E-state index contributed by atoms with van der Waals surface area (Å²) in [5, 5.41) is 3.46. The maximum Gasteiger partial charge on any atom is 0.241 e. The Morgan fingerprint density at radius 3 is 2.47 bits per heavy atom. The lowest BCUT2D eigenvalue weighted by Gasteiger charge is -2.33. The largest absolute Gasteiger partial charge is 0.325 e. The highest BCUT2D eigenvalue weighted by Crippen LogP contribution is 2.39. The zero-order chi connectivity index (χ0) is 12.5. The van der Waals surface area contributed by atoms with E-state index in [2.05, 4.69) is 31.0 Å². The summed E-state index contributed by atoms with van der Waals surface area (Å²) in [6.45, 7) is 7.54. The quantitative estimate of drug-likeness (QED) is 0.816. The van der Waals surface area contributed by atoms with Gasteiger partial charge in [0.2, 0.25) is 5.91 Å². The first kappa shape index (κ1) is 12.9. The van der Waals surface area contributed by atoms with Gasteiger partial charge >= 0.3 is 0 Å². The van der Waals surface area contributed by atoms with Crippen molar-refractivity contribution in [1.82, 2.24) is 10.2 Å². The first-order valence-electron chi connectivity index (χ1n) is 7.16. The van der Waals surface area contributed by atoms with Gasteiger partial charge in [-0.1, -0.05) is 33.6 Å². The Morgan fingerprint density at radius 1 is 1.29 bits per heavy atom. The summed E-state index contributed by atoms with van der Waals surface area (Å²) < 4.78 is 0. The molecule has 0 aromatic carbocycles. The van der Waals surface area contributed by atoms with Crippen LogP contribution in [0.2, 0.25) is 0 Å². The Labute approximate surface area is 105 Å². The predicted molar refractivity (Wildman–Crippen MR) is 69.6 cm³/mol. The van der Waals surface area contributed by atoms with Gasteiger partial charge in [0.05, 0.1) is 12.2 Å². The van der Waals surface area contributed by atoms with Gasteiger partial charge < -0.3 is 4.90 Å². The molecule has 1 N–H and O–H groups in total. The summed E-state index contributed by atoms with van der Waals surface area (Å²) in [7, 11) is 0. The normalized spacial score (nSPS) is 32.4. The molecule has 2 fully saturated rings. The van der Waals surface area contributed by atoms with Gasteiger partial charge in [-0.3, -0.25) is 10.1 Å². The molecule has 2 rings (SSSR count). The van der Waals surface area contributed by atoms with E-state index in [4.69, 9.17) is 0 Å². The van der Waals surface area contributed by atoms with Crippen LogP contribution in [0.1, 0.15) is 59.3 Å². The van der Waals surface area contributed by atoms with E-state index in [1.165, 1.54) is 25.7 Å². The first-order chi connectivity index (χ1) is 8.09. The molecule has 3 heteroatoms. The average Bonchev–Trinajstić information content (AvgIpc) is 2.86. The highest BCUT2D eigenvalue weighted by molar-refractivity contribution is 5.84. The molecule has 3 nitrogen and oxygen atoms in total. The molecule has 0 bridgehead atoms. The Kier molecular flexibility index (Phi) is 3.76. The Hall–Kier alpha value is -0.570. The van der Waals surface area contributed by atoms with Gasteiger partial charge in [0, 0.05) is 6.54 Å². The lowest BCUT2D eigenvalue weighted by molar-refractivity contribution is -0.131. The van der Waals surface area contributed by atoms with Crippen LogP contribution < -0.4 is 5.32 Å². The molecule has 1 saturated heterocycles. The molecule has 0 aromatic rings. The second kappa shape index (κ2) is 4.97. The average molecular weight is 238 g/mol. The summed E-state index contributed by atoms with van der Waals surface area (Å²) in [6, 6.07) is 0.0601. The van der Waals surface area contributed by atoms with Crippen molar-refractivity contribution in [3.05, 3.63) is 0 Å². The van der Waals surface area contributed by atoms with E-state index < -0.39 is 0 Å². The van der Waals surface area contributed by atoms with E-state index in [1.807, 2.05) is 0 Å². The molecule has 1 heterocycles. The lowest BCUT2D eigenvalue weighted by atomic mass is 9.88. The van der Waals surface area contributed by atoms with Crippen LogP contribution in [0.25, 0.3) is 0 Å². The van der Waals surface area contributed by atoms with Crippen molar-refractivity contribution in [2.24, 2.45) is 5.41 Å². The number of nitrogens with zero attached hydrogens (tertiary/aromatic N) is 1. The zero-order valence-corrected chi connectivity index (χ0v) is 11.5. The highest BCUT2D eigenvalue weighted by atomic mass is 16.2. The first-order valence-corrected chi connectivity index (χ1v) is 7.16. The highest BCUT2D eigenvalue weighted by Gasteiger charge is 2.41. The van der Waals surface area contributed by atoms with E-state index in [0.29, 0.717) is 11.3 Å². The van der Waals surface area contributed by atoms with Gasteiger partial charge in [0.25, 0.3) is 0 Å². The molecule has 2 atom stereocenters. The minimum absolute atomic E-state index is 0.0601. The van der Waals surface area contributed by atoms with Gasteiger partial charge in [-0.15, -0.1) is 0 Å². The maximum absolute atomic E-state index is 12.3. The van der Waals surface area contributed by atoms with Crippen LogP contribution >= 0.6 is 0 Å². The summed E-state index contributed by atoms with van der Waals surface area (Å²) >= 11 is 0. The van der Waals surface area contributed by atoms with Gasteiger partial charge in [-0.25, -0.2) is 0 Å². The number of carbonyl (C=O) groups excluding carboxylic acids is 1. The number of nitrogens with one attached hydrogen (secondary N) is 1. The third kappa shape index (κ3) is 2.49.